The predicted molar refractivity (Wildman–Crippen MR) is 78.8 cm³/mol. The molecule has 1 aromatic carbocycles. The van der Waals surface area contributed by atoms with E-state index in [-0.39, 0.29) is 17.5 Å². The Morgan fingerprint density at radius 3 is 2.85 bits per heavy atom. The zero-order valence-electron chi connectivity index (χ0n) is 12.2. The molecule has 2 saturated heterocycles. The highest BCUT2D eigenvalue weighted by molar-refractivity contribution is 5.40. The molecule has 2 aliphatic heterocycles. The first kappa shape index (κ1) is 13.7. The van der Waals surface area contributed by atoms with Crippen molar-refractivity contribution in [2.24, 2.45) is 11.8 Å². The quantitative estimate of drug-likeness (QED) is 0.791. The number of benzene rings is 1. The van der Waals surface area contributed by atoms with Crippen molar-refractivity contribution in [1.82, 2.24) is 10.2 Å². The van der Waals surface area contributed by atoms with Crippen molar-refractivity contribution in [3.8, 4) is 11.5 Å². The van der Waals surface area contributed by atoms with E-state index in [1.165, 1.54) is 6.07 Å². The number of phenolic OH excluding ortho intramolecular Hbond substituents is 2. The molecule has 20 heavy (non-hydrogen) atoms. The number of hydrogen-bond acceptors (Lipinski definition) is 4. The van der Waals surface area contributed by atoms with E-state index >= 15 is 0 Å². The molecule has 110 valence electrons. The Morgan fingerprint density at radius 2 is 2.15 bits per heavy atom. The first-order chi connectivity index (χ1) is 9.61. The van der Waals surface area contributed by atoms with Crippen LogP contribution in [0, 0.1) is 11.8 Å². The number of fused-ring (bicyclic) bond motifs is 1. The van der Waals surface area contributed by atoms with Gasteiger partial charge in [0.05, 0.1) is 0 Å². The fourth-order valence-corrected chi connectivity index (χ4v) is 4.10. The first-order valence-electron chi connectivity index (χ1n) is 7.60. The van der Waals surface area contributed by atoms with Crippen LogP contribution in [0.4, 0.5) is 0 Å². The van der Waals surface area contributed by atoms with Crippen molar-refractivity contribution in [3.63, 3.8) is 0 Å². The van der Waals surface area contributed by atoms with Crippen LogP contribution >= 0.6 is 0 Å². The smallest absolute Gasteiger partial charge is 0.124 e. The number of hydrogen-bond donors (Lipinski definition) is 3. The number of nitrogens with zero attached hydrogens (tertiary/aromatic N) is 1. The van der Waals surface area contributed by atoms with Gasteiger partial charge >= 0.3 is 0 Å². The van der Waals surface area contributed by atoms with Gasteiger partial charge in [-0.1, -0.05) is 13.0 Å². The van der Waals surface area contributed by atoms with Crippen LogP contribution in [0.25, 0.3) is 0 Å². The van der Waals surface area contributed by atoms with Gasteiger partial charge in [-0.3, -0.25) is 4.90 Å². The highest BCUT2D eigenvalue weighted by Gasteiger charge is 2.45. The third-order valence-corrected chi connectivity index (χ3v) is 5.14. The van der Waals surface area contributed by atoms with Gasteiger partial charge in [0.15, 0.2) is 0 Å². The zero-order chi connectivity index (χ0) is 14.3. The van der Waals surface area contributed by atoms with Crippen molar-refractivity contribution >= 4 is 0 Å². The molecule has 0 spiro atoms. The Hall–Kier alpha value is -1.26. The Kier molecular flexibility index (Phi) is 3.61. The maximum atomic E-state index is 10.1. The largest absolute Gasteiger partial charge is 0.508 e. The molecule has 4 atom stereocenters. The predicted octanol–water partition coefficient (Wildman–Crippen LogP) is 2.09. The summed E-state index contributed by atoms with van der Waals surface area (Å²) in [4.78, 5) is 2.53. The molecule has 3 N–H and O–H groups in total. The molecule has 0 aliphatic carbocycles. The van der Waals surface area contributed by atoms with E-state index in [0.29, 0.717) is 6.04 Å². The van der Waals surface area contributed by atoms with Crippen LogP contribution in [0.5, 0.6) is 11.5 Å². The second kappa shape index (κ2) is 5.26. The third kappa shape index (κ3) is 2.17. The van der Waals surface area contributed by atoms with Gasteiger partial charge in [-0.05, 0) is 44.3 Å². The first-order valence-corrected chi connectivity index (χ1v) is 7.60. The lowest BCUT2D eigenvalue weighted by atomic mass is 9.92. The second-order valence-electron chi connectivity index (χ2n) is 6.17. The average molecular weight is 276 g/mol. The molecule has 0 bridgehead atoms. The average Bonchev–Trinajstić information content (AvgIpc) is 2.97. The zero-order valence-corrected chi connectivity index (χ0v) is 12.2. The van der Waals surface area contributed by atoms with Crippen LogP contribution < -0.4 is 5.32 Å². The summed E-state index contributed by atoms with van der Waals surface area (Å²) in [6.07, 6.45) is 1.14. The second-order valence-corrected chi connectivity index (χ2v) is 6.17. The minimum absolute atomic E-state index is 0.119. The van der Waals surface area contributed by atoms with Gasteiger partial charge in [0.25, 0.3) is 0 Å². The monoisotopic (exact) mass is 276 g/mol. The van der Waals surface area contributed by atoms with Crippen molar-refractivity contribution < 1.29 is 10.2 Å². The maximum absolute atomic E-state index is 10.1. The molecular weight excluding hydrogens is 252 g/mol. The molecule has 4 nitrogen and oxygen atoms in total. The Morgan fingerprint density at radius 1 is 1.35 bits per heavy atom. The van der Waals surface area contributed by atoms with E-state index in [1.54, 1.807) is 6.07 Å². The van der Waals surface area contributed by atoms with Crippen molar-refractivity contribution in [1.29, 1.82) is 0 Å². The molecule has 0 radical (unpaired) electrons. The van der Waals surface area contributed by atoms with E-state index in [9.17, 15) is 10.2 Å². The molecule has 2 aliphatic rings. The normalized spacial score (nSPS) is 31.4. The van der Waals surface area contributed by atoms with Gasteiger partial charge in [0.1, 0.15) is 11.5 Å². The molecule has 3 rings (SSSR count). The van der Waals surface area contributed by atoms with Gasteiger partial charge in [-0.25, -0.2) is 0 Å². The van der Waals surface area contributed by atoms with Crippen LogP contribution in [0.2, 0.25) is 0 Å². The number of phenols is 2. The summed E-state index contributed by atoms with van der Waals surface area (Å²) in [6, 6.07) is 5.70. The lowest BCUT2D eigenvalue weighted by Crippen LogP contribution is -2.36. The Labute approximate surface area is 120 Å². The summed E-state index contributed by atoms with van der Waals surface area (Å²) in [5.74, 6) is 1.79. The molecule has 2 heterocycles. The fourth-order valence-electron chi connectivity index (χ4n) is 4.10. The van der Waals surface area contributed by atoms with E-state index in [4.69, 9.17) is 0 Å². The fraction of sp³-hybridized carbons (Fsp3) is 0.625. The van der Waals surface area contributed by atoms with Crippen molar-refractivity contribution in [3.05, 3.63) is 23.8 Å². The lowest BCUT2D eigenvalue weighted by Gasteiger charge is -2.33. The number of likely N-dealkylation sites (tertiary alicyclic amines) is 1. The van der Waals surface area contributed by atoms with Crippen molar-refractivity contribution in [2.45, 2.75) is 32.4 Å². The number of nitrogens with one attached hydrogen (secondary N) is 1. The molecule has 4 unspecified atom stereocenters. The van der Waals surface area contributed by atoms with Gasteiger partial charge in [0, 0.05) is 30.3 Å². The van der Waals surface area contributed by atoms with E-state index in [2.05, 4.69) is 24.1 Å². The Balaban J connectivity index is 1.84. The van der Waals surface area contributed by atoms with Crippen LogP contribution in [0.1, 0.15) is 31.9 Å². The SMILES string of the molecule is CCC1C2CNCC2CN1C(C)c1ccc(O)cc1O. The van der Waals surface area contributed by atoms with Gasteiger partial charge in [-0.2, -0.15) is 0 Å². The van der Waals surface area contributed by atoms with Gasteiger partial charge < -0.3 is 15.5 Å². The standard InChI is InChI=1S/C16H24N2O2/c1-3-15-14-8-17-7-11(14)9-18(15)10(2)13-5-4-12(19)6-16(13)20/h4-6,10-11,14-15,17,19-20H,3,7-9H2,1-2H3. The Bertz CT molecular complexity index is 491. The summed E-state index contributed by atoms with van der Waals surface area (Å²) in [5, 5.41) is 23.0. The third-order valence-electron chi connectivity index (χ3n) is 5.14. The van der Waals surface area contributed by atoms with Crippen LogP contribution in [-0.4, -0.2) is 40.8 Å². The van der Waals surface area contributed by atoms with E-state index in [1.807, 2.05) is 6.07 Å². The van der Waals surface area contributed by atoms with Gasteiger partial charge in [0.2, 0.25) is 0 Å². The highest BCUT2D eigenvalue weighted by Crippen LogP contribution is 2.41. The molecule has 2 fully saturated rings. The van der Waals surface area contributed by atoms with Crippen molar-refractivity contribution in [2.75, 3.05) is 19.6 Å². The number of aromatic hydroxyl groups is 2. The summed E-state index contributed by atoms with van der Waals surface area (Å²) in [5.41, 5.74) is 0.911. The summed E-state index contributed by atoms with van der Waals surface area (Å²) < 4.78 is 0. The summed E-state index contributed by atoms with van der Waals surface area (Å²) in [6.45, 7) is 7.74. The minimum atomic E-state index is 0.119. The molecule has 0 saturated carbocycles. The lowest BCUT2D eigenvalue weighted by molar-refractivity contribution is 0.163. The molecule has 0 aromatic heterocycles. The number of rotatable bonds is 3. The topological polar surface area (TPSA) is 55.7 Å². The molecular formula is C16H24N2O2. The highest BCUT2D eigenvalue weighted by atomic mass is 16.3. The maximum Gasteiger partial charge on any atom is 0.124 e. The van der Waals surface area contributed by atoms with Crippen LogP contribution in [-0.2, 0) is 0 Å². The minimum Gasteiger partial charge on any atom is -0.508 e. The van der Waals surface area contributed by atoms with E-state index in [0.717, 1.165) is 43.5 Å². The van der Waals surface area contributed by atoms with Crippen LogP contribution in [0.3, 0.4) is 0 Å². The van der Waals surface area contributed by atoms with E-state index < -0.39 is 0 Å². The molecule has 0 amide bonds. The molecule has 4 heteroatoms. The molecule has 1 aromatic rings. The van der Waals surface area contributed by atoms with Gasteiger partial charge in [-0.15, -0.1) is 0 Å². The van der Waals surface area contributed by atoms with Crippen LogP contribution in [0.15, 0.2) is 18.2 Å². The summed E-state index contributed by atoms with van der Waals surface area (Å²) in [7, 11) is 0. The summed E-state index contributed by atoms with van der Waals surface area (Å²) >= 11 is 0.